The molecule has 0 radical (unpaired) electrons. The lowest BCUT2D eigenvalue weighted by molar-refractivity contribution is -0.116. The smallest absolute Gasteiger partial charge is 0.159 e. The molecule has 0 aromatic carbocycles. The van der Waals surface area contributed by atoms with E-state index in [1.54, 1.807) is 0 Å². The van der Waals surface area contributed by atoms with Gasteiger partial charge in [0.05, 0.1) is 0 Å². The van der Waals surface area contributed by atoms with Crippen LogP contribution in [0, 0.1) is 0 Å². The molecule has 1 aliphatic rings. The number of Topliss-reactive ketones (excluding diaryl/α,β-unsaturated/α-hetero) is 1. The molecule has 1 unspecified atom stereocenters. The maximum atomic E-state index is 11.7. The Morgan fingerprint density at radius 1 is 1.60 bits per heavy atom. The molecule has 1 N–H and O–H groups in total. The number of aliphatic hydroxyl groups is 1. The van der Waals surface area contributed by atoms with Crippen LogP contribution in [-0.2, 0) is 4.79 Å². The minimum Gasteiger partial charge on any atom is -0.396 e. The van der Waals surface area contributed by atoms with Gasteiger partial charge in [0.15, 0.2) is 5.78 Å². The first kappa shape index (κ1) is 12.8. The summed E-state index contributed by atoms with van der Waals surface area (Å²) in [7, 11) is 0. The molecule has 0 saturated heterocycles. The van der Waals surface area contributed by atoms with Gasteiger partial charge in [-0.3, -0.25) is 4.79 Å². The van der Waals surface area contributed by atoms with Crippen LogP contribution in [-0.4, -0.2) is 28.5 Å². The highest BCUT2D eigenvalue weighted by molar-refractivity contribution is 8.00. The number of carbonyl (C=O) groups is 1. The lowest BCUT2D eigenvalue weighted by Gasteiger charge is -2.23. The topological polar surface area (TPSA) is 37.3 Å². The Kier molecular flexibility index (Phi) is 6.03. The van der Waals surface area contributed by atoms with Crippen molar-refractivity contribution < 1.29 is 9.90 Å². The van der Waals surface area contributed by atoms with E-state index in [1.807, 2.05) is 17.8 Å². The number of carbonyl (C=O) groups excluding carboxylic acids is 1. The molecule has 0 amide bonds. The van der Waals surface area contributed by atoms with Crippen molar-refractivity contribution in [1.82, 2.24) is 0 Å². The Labute approximate surface area is 96.1 Å². The quantitative estimate of drug-likeness (QED) is 0.580. The van der Waals surface area contributed by atoms with Crippen LogP contribution in [0.15, 0.2) is 11.6 Å². The van der Waals surface area contributed by atoms with Crippen LogP contribution in [0.4, 0.5) is 0 Å². The fourth-order valence-electron chi connectivity index (χ4n) is 1.90. The zero-order valence-electron chi connectivity index (χ0n) is 9.37. The average Bonchev–Trinajstić information content (AvgIpc) is 2.23. The number of aliphatic hydroxyl groups excluding tert-OH is 1. The molecule has 0 heterocycles. The van der Waals surface area contributed by atoms with E-state index < -0.39 is 0 Å². The van der Waals surface area contributed by atoms with Crippen molar-refractivity contribution in [2.45, 2.75) is 44.3 Å². The second kappa shape index (κ2) is 7.07. The maximum absolute atomic E-state index is 11.7. The standard InChI is InChI=1S/C12H20O2S/c1-2-15-12-8-5-7-11(14)10(12)6-3-4-9-13/h6,12-13H,2-5,7-9H2,1H3/b10-6-. The zero-order chi connectivity index (χ0) is 11.1. The number of allylic oxidation sites excluding steroid dienone is 1. The van der Waals surface area contributed by atoms with Crippen LogP contribution in [0.3, 0.4) is 0 Å². The first-order valence-corrected chi connectivity index (χ1v) is 6.80. The van der Waals surface area contributed by atoms with Gasteiger partial charge in [0, 0.05) is 23.9 Å². The van der Waals surface area contributed by atoms with Crippen LogP contribution in [0.2, 0.25) is 0 Å². The molecule has 2 nitrogen and oxygen atoms in total. The molecule has 1 rings (SSSR count). The van der Waals surface area contributed by atoms with Gasteiger partial charge in [-0.1, -0.05) is 13.0 Å². The van der Waals surface area contributed by atoms with Crippen molar-refractivity contribution in [1.29, 1.82) is 0 Å². The molecule has 1 saturated carbocycles. The summed E-state index contributed by atoms with van der Waals surface area (Å²) in [6.07, 6.45) is 6.53. The van der Waals surface area contributed by atoms with Gasteiger partial charge in [0.1, 0.15) is 0 Å². The van der Waals surface area contributed by atoms with Gasteiger partial charge in [-0.15, -0.1) is 0 Å². The van der Waals surface area contributed by atoms with Crippen molar-refractivity contribution in [3.05, 3.63) is 11.6 Å². The Morgan fingerprint density at radius 3 is 3.07 bits per heavy atom. The Hall–Kier alpha value is -0.280. The van der Waals surface area contributed by atoms with Gasteiger partial charge in [0.2, 0.25) is 0 Å². The maximum Gasteiger partial charge on any atom is 0.159 e. The predicted octanol–water partition coefficient (Wildman–Crippen LogP) is 2.56. The molecule has 0 aliphatic heterocycles. The van der Waals surface area contributed by atoms with Crippen LogP contribution >= 0.6 is 11.8 Å². The summed E-state index contributed by atoms with van der Waals surface area (Å²) in [4.78, 5) is 11.7. The van der Waals surface area contributed by atoms with Crippen molar-refractivity contribution in [2.24, 2.45) is 0 Å². The largest absolute Gasteiger partial charge is 0.396 e. The predicted molar refractivity (Wildman–Crippen MR) is 65.2 cm³/mol. The van der Waals surface area contributed by atoms with Gasteiger partial charge in [-0.05, 0) is 31.4 Å². The normalized spacial score (nSPS) is 24.8. The van der Waals surface area contributed by atoms with Crippen molar-refractivity contribution in [2.75, 3.05) is 12.4 Å². The summed E-state index contributed by atoms with van der Waals surface area (Å²) in [6.45, 7) is 2.35. The number of ketones is 1. The third-order valence-corrected chi connectivity index (χ3v) is 3.86. The van der Waals surface area contributed by atoms with Crippen LogP contribution in [0.25, 0.3) is 0 Å². The molecule has 15 heavy (non-hydrogen) atoms. The highest BCUT2D eigenvalue weighted by atomic mass is 32.2. The van der Waals surface area contributed by atoms with Crippen molar-refractivity contribution in [3.63, 3.8) is 0 Å². The molecular formula is C12H20O2S. The summed E-state index contributed by atoms with van der Waals surface area (Å²) in [5.74, 6) is 1.39. The number of hydrogen-bond acceptors (Lipinski definition) is 3. The fraction of sp³-hybridized carbons (Fsp3) is 0.750. The lowest BCUT2D eigenvalue weighted by Crippen LogP contribution is -2.21. The molecule has 1 atom stereocenters. The molecule has 1 fully saturated rings. The van der Waals surface area contributed by atoms with Gasteiger partial charge < -0.3 is 5.11 Å². The minimum atomic E-state index is 0.212. The molecule has 3 heteroatoms. The number of hydrogen-bond donors (Lipinski definition) is 1. The molecule has 0 spiro atoms. The molecule has 0 aromatic heterocycles. The number of unbranched alkanes of at least 4 members (excludes halogenated alkanes) is 1. The Morgan fingerprint density at radius 2 is 2.40 bits per heavy atom. The second-order valence-corrected chi connectivity index (χ2v) is 5.26. The highest BCUT2D eigenvalue weighted by Crippen LogP contribution is 2.31. The first-order chi connectivity index (χ1) is 7.29. The Bertz CT molecular complexity index is 234. The van der Waals surface area contributed by atoms with Gasteiger partial charge >= 0.3 is 0 Å². The van der Waals surface area contributed by atoms with E-state index in [0.717, 1.165) is 37.0 Å². The third-order valence-electron chi connectivity index (χ3n) is 2.63. The van der Waals surface area contributed by atoms with Crippen LogP contribution in [0.1, 0.15) is 39.0 Å². The summed E-state index contributed by atoms with van der Waals surface area (Å²) in [5, 5.41) is 9.12. The zero-order valence-corrected chi connectivity index (χ0v) is 10.2. The van der Waals surface area contributed by atoms with E-state index in [0.29, 0.717) is 17.5 Å². The molecule has 1 aliphatic carbocycles. The number of thioether (sulfide) groups is 1. The lowest BCUT2D eigenvalue weighted by atomic mass is 9.92. The fourth-order valence-corrected chi connectivity index (χ4v) is 3.04. The third kappa shape index (κ3) is 3.99. The monoisotopic (exact) mass is 228 g/mol. The van der Waals surface area contributed by atoms with E-state index in [9.17, 15) is 4.79 Å². The molecule has 86 valence electrons. The minimum absolute atomic E-state index is 0.212. The second-order valence-electron chi connectivity index (χ2n) is 3.78. The van der Waals surface area contributed by atoms with Crippen molar-refractivity contribution in [3.8, 4) is 0 Å². The molecular weight excluding hydrogens is 208 g/mol. The first-order valence-electron chi connectivity index (χ1n) is 5.75. The SMILES string of the molecule is CCSC1CCCC(=O)/C1=C/CCCO. The van der Waals surface area contributed by atoms with E-state index in [1.165, 1.54) is 0 Å². The van der Waals surface area contributed by atoms with E-state index in [4.69, 9.17) is 5.11 Å². The van der Waals surface area contributed by atoms with Gasteiger partial charge in [-0.25, -0.2) is 0 Å². The Balaban J connectivity index is 2.59. The average molecular weight is 228 g/mol. The van der Waals surface area contributed by atoms with Crippen molar-refractivity contribution >= 4 is 17.5 Å². The summed E-state index contributed by atoms with van der Waals surface area (Å²) in [6, 6.07) is 0. The number of rotatable bonds is 5. The van der Waals surface area contributed by atoms with E-state index in [2.05, 4.69) is 6.92 Å². The highest BCUT2D eigenvalue weighted by Gasteiger charge is 2.24. The summed E-state index contributed by atoms with van der Waals surface area (Å²) in [5.41, 5.74) is 1.02. The van der Waals surface area contributed by atoms with Crippen LogP contribution in [0.5, 0.6) is 0 Å². The van der Waals surface area contributed by atoms with Gasteiger partial charge in [-0.2, -0.15) is 11.8 Å². The van der Waals surface area contributed by atoms with Gasteiger partial charge in [0.25, 0.3) is 0 Å². The van der Waals surface area contributed by atoms with Crippen LogP contribution < -0.4 is 0 Å². The van der Waals surface area contributed by atoms with E-state index in [-0.39, 0.29) is 6.61 Å². The summed E-state index contributed by atoms with van der Waals surface area (Å²) >= 11 is 1.87. The molecule has 0 bridgehead atoms. The van der Waals surface area contributed by atoms with E-state index >= 15 is 0 Å². The summed E-state index contributed by atoms with van der Waals surface area (Å²) < 4.78 is 0. The molecule has 0 aromatic rings.